The van der Waals surface area contributed by atoms with Crippen LogP contribution in [0.1, 0.15) is 18.7 Å². The van der Waals surface area contributed by atoms with Crippen LogP contribution >= 0.6 is 0 Å². The minimum absolute atomic E-state index is 0.146. The maximum absolute atomic E-state index is 8.16. The lowest BCUT2D eigenvalue weighted by atomic mass is 10.2. The quantitative estimate of drug-likeness (QED) is 0.361. The minimum Gasteiger partial charge on any atom is -0.272 e. The third kappa shape index (κ3) is 1.50. The molecule has 0 spiro atoms. The summed E-state index contributed by atoms with van der Waals surface area (Å²) in [5, 5.41) is 7.50. The van der Waals surface area contributed by atoms with E-state index in [0.29, 0.717) is 0 Å². The molecule has 0 unspecified atom stereocenters. The van der Waals surface area contributed by atoms with E-state index in [4.69, 9.17) is 5.53 Å². The van der Waals surface area contributed by atoms with Gasteiger partial charge in [0.2, 0.25) is 0 Å². The van der Waals surface area contributed by atoms with Gasteiger partial charge in [-0.3, -0.25) is 4.68 Å². The van der Waals surface area contributed by atoms with Gasteiger partial charge in [-0.2, -0.15) is 5.10 Å². The fraction of sp³-hybridized carbons (Fsp3) is 0.500. The second kappa shape index (κ2) is 3.07. The van der Waals surface area contributed by atoms with Crippen LogP contribution in [0.4, 0.5) is 0 Å². The molecule has 1 heterocycles. The van der Waals surface area contributed by atoms with Gasteiger partial charge in [-0.05, 0) is 11.6 Å². The second-order valence-corrected chi connectivity index (χ2v) is 2.26. The molecule has 0 aromatic carbocycles. The van der Waals surface area contributed by atoms with Crippen LogP contribution in [0.2, 0.25) is 0 Å². The van der Waals surface area contributed by atoms with Gasteiger partial charge in [0.1, 0.15) is 0 Å². The Morgan fingerprint density at radius 3 is 3.00 bits per heavy atom. The molecule has 0 aliphatic rings. The van der Waals surface area contributed by atoms with Gasteiger partial charge in [-0.25, -0.2) is 0 Å². The molecule has 0 radical (unpaired) electrons. The molecule has 0 saturated carbocycles. The summed E-state index contributed by atoms with van der Waals surface area (Å²) in [5.41, 5.74) is 9.07. The van der Waals surface area contributed by atoms with Crippen LogP contribution in [0.15, 0.2) is 17.4 Å². The van der Waals surface area contributed by atoms with E-state index in [1.165, 1.54) is 0 Å². The first-order valence-electron chi connectivity index (χ1n) is 3.28. The molecule has 0 bridgehead atoms. The van der Waals surface area contributed by atoms with Crippen LogP contribution in [0.3, 0.4) is 0 Å². The van der Waals surface area contributed by atoms with Crippen molar-refractivity contribution in [3.63, 3.8) is 0 Å². The van der Waals surface area contributed by atoms with Crippen molar-refractivity contribution in [3.8, 4) is 0 Å². The average molecular weight is 151 g/mol. The zero-order chi connectivity index (χ0) is 8.27. The number of azide groups is 1. The Labute approximate surface area is 64.3 Å². The molecular formula is C6H9N5. The number of aryl methyl sites for hydroxylation is 1. The predicted molar refractivity (Wildman–Crippen MR) is 40.8 cm³/mol. The Bertz CT molecular complexity index is 283. The van der Waals surface area contributed by atoms with Gasteiger partial charge in [-0.15, -0.1) is 0 Å². The molecule has 5 nitrogen and oxygen atoms in total. The van der Waals surface area contributed by atoms with Crippen LogP contribution in [0.5, 0.6) is 0 Å². The molecule has 11 heavy (non-hydrogen) atoms. The van der Waals surface area contributed by atoms with Gasteiger partial charge in [-0.1, -0.05) is 12.0 Å². The third-order valence-electron chi connectivity index (χ3n) is 1.51. The highest BCUT2D eigenvalue weighted by molar-refractivity contribution is 5.05. The lowest BCUT2D eigenvalue weighted by Crippen LogP contribution is -1.99. The number of rotatable bonds is 2. The van der Waals surface area contributed by atoms with Gasteiger partial charge in [0.05, 0.1) is 6.04 Å². The highest BCUT2D eigenvalue weighted by atomic mass is 15.3. The maximum Gasteiger partial charge on any atom is 0.0766 e. The largest absolute Gasteiger partial charge is 0.272 e. The van der Waals surface area contributed by atoms with Crippen molar-refractivity contribution < 1.29 is 0 Å². The van der Waals surface area contributed by atoms with E-state index in [2.05, 4.69) is 15.1 Å². The Balaban J connectivity index is 2.92. The summed E-state index contributed by atoms with van der Waals surface area (Å²) >= 11 is 0. The van der Waals surface area contributed by atoms with E-state index < -0.39 is 0 Å². The van der Waals surface area contributed by atoms with Gasteiger partial charge in [0.25, 0.3) is 0 Å². The van der Waals surface area contributed by atoms with Crippen molar-refractivity contribution in [2.45, 2.75) is 13.0 Å². The van der Waals surface area contributed by atoms with E-state index in [-0.39, 0.29) is 6.04 Å². The van der Waals surface area contributed by atoms with E-state index in [1.54, 1.807) is 10.9 Å². The topological polar surface area (TPSA) is 66.6 Å². The maximum atomic E-state index is 8.16. The molecule has 1 aromatic rings. The van der Waals surface area contributed by atoms with Crippen molar-refractivity contribution in [3.05, 3.63) is 28.4 Å². The predicted octanol–water partition coefficient (Wildman–Crippen LogP) is 1.79. The molecule has 0 amide bonds. The zero-order valence-corrected chi connectivity index (χ0v) is 6.47. The van der Waals surface area contributed by atoms with Gasteiger partial charge in [0, 0.05) is 23.9 Å². The first-order chi connectivity index (χ1) is 5.25. The summed E-state index contributed by atoms with van der Waals surface area (Å²) in [6.07, 6.45) is 1.68. The normalized spacial score (nSPS) is 12.2. The summed E-state index contributed by atoms with van der Waals surface area (Å²) in [4.78, 5) is 2.72. The molecule has 1 rings (SSSR count). The van der Waals surface area contributed by atoms with Gasteiger partial charge in [0.15, 0.2) is 0 Å². The lowest BCUT2D eigenvalue weighted by molar-refractivity contribution is 0.652. The van der Waals surface area contributed by atoms with Crippen molar-refractivity contribution in [2.75, 3.05) is 0 Å². The smallest absolute Gasteiger partial charge is 0.0766 e. The summed E-state index contributed by atoms with van der Waals surface area (Å²) in [7, 11) is 1.82. The molecule has 1 aromatic heterocycles. The fourth-order valence-corrected chi connectivity index (χ4v) is 0.930. The minimum atomic E-state index is -0.146. The van der Waals surface area contributed by atoms with E-state index in [0.717, 1.165) is 5.69 Å². The molecule has 0 aliphatic heterocycles. The molecule has 0 aliphatic carbocycles. The SMILES string of the molecule is C[C@H](N=[N+]=[N-])c1ccnn1C. The number of hydrogen-bond donors (Lipinski definition) is 0. The molecular weight excluding hydrogens is 142 g/mol. The summed E-state index contributed by atoms with van der Waals surface area (Å²) in [5.74, 6) is 0. The summed E-state index contributed by atoms with van der Waals surface area (Å²) in [6, 6.07) is 1.69. The van der Waals surface area contributed by atoms with Gasteiger partial charge >= 0.3 is 0 Å². The lowest BCUT2D eigenvalue weighted by Gasteiger charge is -2.03. The Hall–Kier alpha value is -1.48. The number of aromatic nitrogens is 2. The monoisotopic (exact) mass is 151 g/mol. The summed E-state index contributed by atoms with van der Waals surface area (Å²) in [6.45, 7) is 1.83. The molecule has 1 atom stereocenters. The second-order valence-electron chi connectivity index (χ2n) is 2.26. The molecule has 5 heteroatoms. The first kappa shape index (κ1) is 7.63. The van der Waals surface area contributed by atoms with E-state index in [1.807, 2.05) is 20.0 Å². The average Bonchev–Trinajstić information content (AvgIpc) is 2.36. The number of hydrogen-bond acceptors (Lipinski definition) is 2. The standard InChI is InChI=1S/C6H9N5/c1-5(9-10-7)6-3-4-8-11(6)2/h3-5H,1-2H3/t5-/m0/s1. The molecule has 0 saturated heterocycles. The Kier molecular flexibility index (Phi) is 2.13. The molecule has 58 valence electrons. The Morgan fingerprint density at radius 2 is 2.55 bits per heavy atom. The van der Waals surface area contributed by atoms with E-state index in [9.17, 15) is 0 Å². The first-order valence-corrected chi connectivity index (χ1v) is 3.28. The zero-order valence-electron chi connectivity index (χ0n) is 6.47. The highest BCUT2D eigenvalue weighted by Gasteiger charge is 2.05. The van der Waals surface area contributed by atoms with Crippen LogP contribution in [-0.2, 0) is 7.05 Å². The Morgan fingerprint density at radius 1 is 1.82 bits per heavy atom. The van der Waals surface area contributed by atoms with Gasteiger partial charge < -0.3 is 0 Å². The van der Waals surface area contributed by atoms with Crippen LogP contribution in [0, 0.1) is 0 Å². The van der Waals surface area contributed by atoms with E-state index >= 15 is 0 Å². The number of nitrogens with zero attached hydrogens (tertiary/aromatic N) is 5. The summed E-state index contributed by atoms with van der Waals surface area (Å²) < 4.78 is 1.69. The molecule has 0 fully saturated rings. The van der Waals surface area contributed by atoms with Crippen LogP contribution in [0.25, 0.3) is 10.4 Å². The van der Waals surface area contributed by atoms with Crippen molar-refractivity contribution in [1.82, 2.24) is 9.78 Å². The fourth-order valence-electron chi connectivity index (χ4n) is 0.930. The van der Waals surface area contributed by atoms with Crippen molar-refractivity contribution in [2.24, 2.45) is 12.2 Å². The van der Waals surface area contributed by atoms with Crippen LogP contribution in [-0.4, -0.2) is 9.78 Å². The molecule has 0 N–H and O–H groups in total. The van der Waals surface area contributed by atoms with Crippen LogP contribution < -0.4 is 0 Å². The third-order valence-corrected chi connectivity index (χ3v) is 1.51. The van der Waals surface area contributed by atoms with Crippen molar-refractivity contribution in [1.29, 1.82) is 0 Å². The van der Waals surface area contributed by atoms with Crippen molar-refractivity contribution >= 4 is 0 Å². The highest BCUT2D eigenvalue weighted by Crippen LogP contribution is 2.14.